The number of likely N-dealkylation sites (tertiary alicyclic amines) is 1. The van der Waals surface area contributed by atoms with E-state index in [2.05, 4.69) is 0 Å². The maximum atomic E-state index is 13.1. The van der Waals surface area contributed by atoms with Crippen molar-refractivity contribution in [3.8, 4) is 11.5 Å². The third-order valence-electron chi connectivity index (χ3n) is 5.19. The number of Topliss-reactive ketones (excluding diaryl/α,β-unsaturated/α-hetero) is 1. The quantitative estimate of drug-likeness (QED) is 0.260. The third kappa shape index (κ3) is 4.55. The van der Waals surface area contributed by atoms with Crippen molar-refractivity contribution >= 4 is 40.7 Å². The van der Waals surface area contributed by atoms with Crippen LogP contribution < -0.4 is 9.47 Å². The normalized spacial score (nSPS) is 17.7. The number of amides is 1. The maximum Gasteiger partial charge on any atom is 0.295 e. The summed E-state index contributed by atoms with van der Waals surface area (Å²) in [6, 6.07) is 9.01. The Hall–Kier alpha value is -2.74. The summed E-state index contributed by atoms with van der Waals surface area (Å²) in [6.45, 7) is 0.676. The lowest BCUT2D eigenvalue weighted by Gasteiger charge is -2.25. The minimum absolute atomic E-state index is 0.0748. The smallest absolute Gasteiger partial charge is 0.295 e. The Balaban J connectivity index is 2.20. The lowest BCUT2D eigenvalue weighted by atomic mass is 9.95. The van der Waals surface area contributed by atoms with Crippen LogP contribution in [0.4, 0.5) is 0 Å². The van der Waals surface area contributed by atoms with Gasteiger partial charge in [-0.25, -0.2) is 0 Å². The van der Waals surface area contributed by atoms with E-state index in [1.54, 1.807) is 38.5 Å². The molecule has 1 heterocycles. The van der Waals surface area contributed by atoms with Gasteiger partial charge < -0.3 is 24.2 Å². The molecule has 170 valence electrons. The highest BCUT2D eigenvalue weighted by Gasteiger charge is 2.46. The van der Waals surface area contributed by atoms with Gasteiger partial charge in [0.15, 0.2) is 0 Å². The molecule has 32 heavy (non-hydrogen) atoms. The number of carbonyl (C=O) groups is 2. The van der Waals surface area contributed by atoms with Crippen LogP contribution in [0.2, 0.25) is 10.0 Å². The van der Waals surface area contributed by atoms with Gasteiger partial charge in [0, 0.05) is 25.3 Å². The minimum Gasteiger partial charge on any atom is -0.507 e. The number of ether oxygens (including phenoxy) is 3. The zero-order chi connectivity index (χ0) is 23.4. The molecule has 1 aliphatic rings. The van der Waals surface area contributed by atoms with Crippen LogP contribution in [-0.2, 0) is 14.3 Å². The van der Waals surface area contributed by atoms with Crippen molar-refractivity contribution < 1.29 is 28.9 Å². The number of hydrogen-bond donors (Lipinski definition) is 1. The van der Waals surface area contributed by atoms with Crippen molar-refractivity contribution in [2.24, 2.45) is 0 Å². The number of rotatable bonds is 8. The molecule has 2 aromatic carbocycles. The molecule has 1 aliphatic heterocycles. The second-order valence-corrected chi connectivity index (χ2v) is 7.92. The number of methoxy groups -OCH3 is 3. The van der Waals surface area contributed by atoms with Gasteiger partial charge in [0.05, 0.1) is 36.4 Å². The van der Waals surface area contributed by atoms with Crippen LogP contribution >= 0.6 is 23.2 Å². The molecule has 0 saturated carbocycles. The predicted molar refractivity (Wildman–Crippen MR) is 122 cm³/mol. The summed E-state index contributed by atoms with van der Waals surface area (Å²) in [7, 11) is 4.49. The molecule has 0 radical (unpaired) electrons. The molecule has 1 saturated heterocycles. The fourth-order valence-electron chi connectivity index (χ4n) is 3.71. The van der Waals surface area contributed by atoms with Crippen LogP contribution in [0.3, 0.4) is 0 Å². The van der Waals surface area contributed by atoms with E-state index in [4.69, 9.17) is 37.4 Å². The van der Waals surface area contributed by atoms with Crippen molar-refractivity contribution in [1.29, 1.82) is 0 Å². The molecular weight excluding hydrogens is 457 g/mol. The standard InChI is InChI=1S/C23H23Cl2NO6/c1-30-10-4-9-26-19(13-5-7-15(31-2)8-6-13)18(21(28)23(26)29)20(27)16-11-14(24)12-17(25)22(16)32-3/h5-8,11-12,19,27H,4,9-10H2,1-3H3/b20-18+. The van der Waals surface area contributed by atoms with E-state index in [9.17, 15) is 14.7 Å². The highest BCUT2D eigenvalue weighted by atomic mass is 35.5. The van der Waals surface area contributed by atoms with E-state index in [0.29, 0.717) is 24.3 Å². The number of halogens is 2. The van der Waals surface area contributed by atoms with E-state index in [-0.39, 0.29) is 33.5 Å². The lowest BCUT2D eigenvalue weighted by Crippen LogP contribution is -2.31. The van der Waals surface area contributed by atoms with Crippen LogP contribution in [0.15, 0.2) is 42.0 Å². The zero-order valence-electron chi connectivity index (χ0n) is 17.9. The molecule has 0 aromatic heterocycles. The average Bonchev–Trinajstić information content (AvgIpc) is 3.03. The summed E-state index contributed by atoms with van der Waals surface area (Å²) in [6.07, 6.45) is 0.516. The van der Waals surface area contributed by atoms with Crippen LogP contribution in [0, 0.1) is 0 Å². The van der Waals surface area contributed by atoms with Crippen molar-refractivity contribution in [2.75, 3.05) is 34.5 Å². The maximum absolute atomic E-state index is 13.1. The van der Waals surface area contributed by atoms with Crippen LogP contribution in [0.25, 0.3) is 5.76 Å². The van der Waals surface area contributed by atoms with Crippen molar-refractivity contribution in [3.63, 3.8) is 0 Å². The average molecular weight is 480 g/mol. The zero-order valence-corrected chi connectivity index (χ0v) is 19.4. The molecule has 7 nitrogen and oxygen atoms in total. The molecular formula is C23H23Cl2NO6. The van der Waals surface area contributed by atoms with Gasteiger partial charge in [-0.2, -0.15) is 0 Å². The van der Waals surface area contributed by atoms with Crippen molar-refractivity contribution in [1.82, 2.24) is 4.90 Å². The molecule has 1 N–H and O–H groups in total. The van der Waals surface area contributed by atoms with Gasteiger partial charge in [-0.15, -0.1) is 0 Å². The Kier molecular flexibility index (Phi) is 7.66. The molecule has 1 unspecified atom stereocenters. The second-order valence-electron chi connectivity index (χ2n) is 7.08. The Bertz CT molecular complexity index is 1050. The molecule has 1 fully saturated rings. The van der Waals surface area contributed by atoms with Gasteiger partial charge in [0.1, 0.15) is 17.3 Å². The van der Waals surface area contributed by atoms with E-state index in [1.807, 2.05) is 0 Å². The summed E-state index contributed by atoms with van der Waals surface area (Å²) < 4.78 is 15.6. The summed E-state index contributed by atoms with van der Waals surface area (Å²) in [4.78, 5) is 27.4. The lowest BCUT2D eigenvalue weighted by molar-refractivity contribution is -0.140. The third-order valence-corrected chi connectivity index (χ3v) is 5.69. The molecule has 1 amide bonds. The van der Waals surface area contributed by atoms with Crippen molar-refractivity contribution in [2.45, 2.75) is 12.5 Å². The largest absolute Gasteiger partial charge is 0.507 e. The highest BCUT2D eigenvalue weighted by molar-refractivity contribution is 6.46. The molecule has 0 bridgehead atoms. The fraction of sp³-hybridized carbons (Fsp3) is 0.304. The Morgan fingerprint density at radius 1 is 1.06 bits per heavy atom. The minimum atomic E-state index is -0.819. The Labute approximate surface area is 196 Å². The first-order chi connectivity index (χ1) is 15.3. The van der Waals surface area contributed by atoms with Crippen LogP contribution in [-0.4, -0.2) is 56.2 Å². The van der Waals surface area contributed by atoms with E-state index < -0.39 is 23.5 Å². The molecule has 0 aliphatic carbocycles. The number of carbonyl (C=O) groups excluding carboxylic acids is 2. The van der Waals surface area contributed by atoms with Crippen molar-refractivity contribution in [3.05, 3.63) is 63.1 Å². The number of nitrogens with zero attached hydrogens (tertiary/aromatic N) is 1. The molecule has 3 rings (SSSR count). The highest BCUT2D eigenvalue weighted by Crippen LogP contribution is 2.43. The first-order valence-corrected chi connectivity index (χ1v) is 10.5. The Morgan fingerprint density at radius 2 is 1.75 bits per heavy atom. The van der Waals surface area contributed by atoms with Crippen LogP contribution in [0.1, 0.15) is 23.6 Å². The van der Waals surface area contributed by atoms with E-state index in [1.165, 1.54) is 24.1 Å². The number of ketones is 1. The predicted octanol–water partition coefficient (Wildman–Crippen LogP) is 4.47. The van der Waals surface area contributed by atoms with Crippen LogP contribution in [0.5, 0.6) is 11.5 Å². The van der Waals surface area contributed by atoms with Gasteiger partial charge >= 0.3 is 0 Å². The number of hydrogen-bond acceptors (Lipinski definition) is 6. The molecule has 2 aromatic rings. The second kappa shape index (κ2) is 10.3. The SMILES string of the molecule is COCCCN1C(=O)C(=O)/C(=C(/O)c2cc(Cl)cc(Cl)c2OC)C1c1ccc(OC)cc1. The first-order valence-electron chi connectivity index (χ1n) is 9.78. The first kappa shape index (κ1) is 23.9. The number of benzene rings is 2. The van der Waals surface area contributed by atoms with Gasteiger partial charge in [-0.3, -0.25) is 9.59 Å². The monoisotopic (exact) mass is 479 g/mol. The van der Waals surface area contributed by atoms with Gasteiger partial charge in [0.2, 0.25) is 0 Å². The molecule has 1 atom stereocenters. The summed E-state index contributed by atoms with van der Waals surface area (Å²) in [5.41, 5.74) is 0.684. The molecule has 9 heteroatoms. The summed E-state index contributed by atoms with van der Waals surface area (Å²) >= 11 is 12.3. The molecule has 0 spiro atoms. The summed E-state index contributed by atoms with van der Waals surface area (Å²) in [5, 5.41) is 11.6. The Morgan fingerprint density at radius 3 is 2.34 bits per heavy atom. The fourth-order valence-corrected chi connectivity index (χ4v) is 4.28. The van der Waals surface area contributed by atoms with E-state index in [0.717, 1.165) is 0 Å². The number of aliphatic hydroxyl groups is 1. The van der Waals surface area contributed by atoms with Gasteiger partial charge in [-0.1, -0.05) is 35.3 Å². The van der Waals surface area contributed by atoms with Gasteiger partial charge in [0.25, 0.3) is 11.7 Å². The van der Waals surface area contributed by atoms with Gasteiger partial charge in [-0.05, 0) is 36.2 Å². The van der Waals surface area contributed by atoms with E-state index >= 15 is 0 Å². The topological polar surface area (TPSA) is 85.3 Å². The number of aliphatic hydroxyl groups excluding tert-OH is 1. The summed E-state index contributed by atoms with van der Waals surface area (Å²) in [5.74, 6) is -1.17.